The minimum absolute atomic E-state index is 0.0203. The fourth-order valence-electron chi connectivity index (χ4n) is 2.00. The van der Waals surface area contributed by atoms with Crippen LogP contribution in [0.4, 0.5) is 5.69 Å². The predicted octanol–water partition coefficient (Wildman–Crippen LogP) is 4.54. The summed E-state index contributed by atoms with van der Waals surface area (Å²) >= 11 is 11.2. The Bertz CT molecular complexity index is 720. The lowest BCUT2D eigenvalue weighted by molar-refractivity contribution is -0.138. The monoisotopic (exact) mass is 369 g/mol. The maximum atomic E-state index is 10.7. The van der Waals surface area contributed by atoms with E-state index in [1.165, 1.54) is 12.1 Å². The van der Waals surface area contributed by atoms with Gasteiger partial charge < -0.3 is 15.9 Å². The van der Waals surface area contributed by atoms with Crippen molar-refractivity contribution in [3.05, 3.63) is 63.6 Å². The van der Waals surface area contributed by atoms with Crippen LogP contribution < -0.4 is 5.73 Å². The zero-order valence-corrected chi connectivity index (χ0v) is 14.4. The highest BCUT2D eigenvalue weighted by Gasteiger charge is 2.16. The van der Waals surface area contributed by atoms with Gasteiger partial charge in [0.15, 0.2) is 0 Å². The molecule has 0 aromatic heterocycles. The van der Waals surface area contributed by atoms with Crippen LogP contribution in [0.15, 0.2) is 42.5 Å². The molecule has 0 heterocycles. The normalized spacial score (nSPS) is 11.1. The number of anilines is 1. The molecule has 0 aliphatic heterocycles. The Labute approximate surface area is 149 Å². The lowest BCUT2D eigenvalue weighted by Gasteiger charge is -2.08. The largest absolute Gasteiger partial charge is 0.481 e. The molecule has 7 heteroatoms. The van der Waals surface area contributed by atoms with Gasteiger partial charge in [-0.2, -0.15) is 0 Å². The van der Waals surface area contributed by atoms with Crippen LogP contribution in [0.1, 0.15) is 35.2 Å². The predicted molar refractivity (Wildman–Crippen MR) is 94.9 cm³/mol. The van der Waals surface area contributed by atoms with Crippen LogP contribution in [0.3, 0.4) is 0 Å². The summed E-state index contributed by atoms with van der Waals surface area (Å²) in [6, 6.07) is 12.0. The molecular formula is C17H17Cl2NO4. The number of carboxylic acids is 2. The molecule has 0 amide bonds. The Morgan fingerprint density at radius 3 is 2.17 bits per heavy atom. The van der Waals surface area contributed by atoms with Crippen molar-refractivity contribution >= 4 is 40.8 Å². The summed E-state index contributed by atoms with van der Waals surface area (Å²) in [7, 11) is 0. The zero-order valence-electron chi connectivity index (χ0n) is 12.9. The summed E-state index contributed by atoms with van der Waals surface area (Å²) in [5.74, 6) is -2.25. The molecule has 0 saturated carbocycles. The van der Waals surface area contributed by atoms with Crippen LogP contribution in [0.5, 0.6) is 0 Å². The Balaban J connectivity index is 0.000000240. The van der Waals surface area contributed by atoms with Gasteiger partial charge in [0.2, 0.25) is 0 Å². The zero-order chi connectivity index (χ0) is 18.3. The second kappa shape index (κ2) is 9.15. The molecule has 0 aliphatic carbocycles. The standard InChI is InChI=1S/C10H12O2.C7H5Cl2NO2/c1-2-9(10(11)12)8-6-4-3-5-7-8;8-3-1-4(7(11)12)6(9)5(10)2-3/h3-7,9H,2H2,1H3,(H,11,12);1-2H,10H2,(H,11,12). The number of benzene rings is 2. The molecule has 1 unspecified atom stereocenters. The minimum Gasteiger partial charge on any atom is -0.481 e. The second-order valence-electron chi connectivity index (χ2n) is 4.87. The fourth-order valence-corrected chi connectivity index (χ4v) is 2.42. The average Bonchev–Trinajstić information content (AvgIpc) is 2.52. The highest BCUT2D eigenvalue weighted by atomic mass is 35.5. The SMILES string of the molecule is CCC(C(=O)O)c1ccccc1.Nc1cc(Cl)cc(C(=O)O)c1Cl. The smallest absolute Gasteiger partial charge is 0.337 e. The van der Waals surface area contributed by atoms with Crippen LogP contribution >= 0.6 is 23.2 Å². The van der Waals surface area contributed by atoms with E-state index >= 15 is 0 Å². The fraction of sp³-hybridized carbons (Fsp3) is 0.176. The van der Waals surface area contributed by atoms with Crippen molar-refractivity contribution in [2.45, 2.75) is 19.3 Å². The summed E-state index contributed by atoms with van der Waals surface area (Å²) in [6.45, 7) is 1.88. The highest BCUT2D eigenvalue weighted by molar-refractivity contribution is 6.37. The van der Waals surface area contributed by atoms with Gasteiger partial charge in [-0.3, -0.25) is 4.79 Å². The van der Waals surface area contributed by atoms with E-state index in [0.717, 1.165) is 5.56 Å². The van der Waals surface area contributed by atoms with Gasteiger partial charge >= 0.3 is 11.9 Å². The Kier molecular flexibility index (Phi) is 7.55. The Hall–Kier alpha value is -2.24. The summed E-state index contributed by atoms with van der Waals surface area (Å²) in [4.78, 5) is 21.3. The molecule has 0 fully saturated rings. The lowest BCUT2D eigenvalue weighted by atomic mass is 9.97. The van der Waals surface area contributed by atoms with Gasteiger partial charge in [-0.25, -0.2) is 4.79 Å². The quantitative estimate of drug-likeness (QED) is 0.686. The molecule has 0 saturated heterocycles. The van der Waals surface area contributed by atoms with Crippen molar-refractivity contribution in [2.75, 3.05) is 5.73 Å². The molecule has 2 aromatic rings. The van der Waals surface area contributed by atoms with Gasteiger partial charge in [-0.15, -0.1) is 0 Å². The number of nitrogen functional groups attached to an aromatic ring is 1. The molecule has 0 bridgehead atoms. The number of hydrogen-bond donors (Lipinski definition) is 3. The molecule has 5 nitrogen and oxygen atoms in total. The number of aliphatic carboxylic acids is 1. The topological polar surface area (TPSA) is 101 Å². The molecule has 0 spiro atoms. The van der Waals surface area contributed by atoms with Gasteiger partial charge in [0.1, 0.15) is 0 Å². The minimum atomic E-state index is -1.14. The van der Waals surface area contributed by atoms with E-state index < -0.39 is 11.9 Å². The lowest BCUT2D eigenvalue weighted by Crippen LogP contribution is -2.09. The molecular weight excluding hydrogens is 353 g/mol. The van der Waals surface area contributed by atoms with Gasteiger partial charge in [-0.05, 0) is 24.1 Å². The van der Waals surface area contributed by atoms with Gasteiger partial charge in [0, 0.05) is 5.02 Å². The summed E-state index contributed by atoms with van der Waals surface area (Å²) in [5.41, 5.74) is 6.35. The summed E-state index contributed by atoms with van der Waals surface area (Å²) in [5, 5.41) is 17.7. The molecule has 4 N–H and O–H groups in total. The van der Waals surface area contributed by atoms with Gasteiger partial charge in [-0.1, -0.05) is 60.5 Å². The molecule has 0 aliphatic rings. The van der Waals surface area contributed by atoms with Gasteiger partial charge in [0.05, 0.1) is 22.2 Å². The molecule has 2 aromatic carbocycles. The van der Waals surface area contributed by atoms with Crippen molar-refractivity contribution in [1.82, 2.24) is 0 Å². The Morgan fingerprint density at radius 1 is 1.12 bits per heavy atom. The highest BCUT2D eigenvalue weighted by Crippen LogP contribution is 2.27. The number of aromatic carboxylic acids is 1. The first-order valence-electron chi connectivity index (χ1n) is 7.03. The number of nitrogens with two attached hydrogens (primary N) is 1. The van der Waals surface area contributed by atoms with Crippen molar-refractivity contribution < 1.29 is 19.8 Å². The maximum absolute atomic E-state index is 10.7. The third kappa shape index (κ3) is 5.44. The maximum Gasteiger partial charge on any atom is 0.337 e. The average molecular weight is 370 g/mol. The molecule has 1 atom stereocenters. The number of hydrogen-bond acceptors (Lipinski definition) is 3. The van der Waals surface area contributed by atoms with Crippen LogP contribution in [0, 0.1) is 0 Å². The van der Waals surface area contributed by atoms with Crippen molar-refractivity contribution in [1.29, 1.82) is 0 Å². The first-order valence-corrected chi connectivity index (χ1v) is 7.79. The second-order valence-corrected chi connectivity index (χ2v) is 5.69. The van der Waals surface area contributed by atoms with E-state index in [4.69, 9.17) is 39.1 Å². The van der Waals surface area contributed by atoms with E-state index in [-0.39, 0.29) is 27.2 Å². The molecule has 128 valence electrons. The first-order chi connectivity index (χ1) is 11.3. The van der Waals surface area contributed by atoms with Crippen LogP contribution in [0.2, 0.25) is 10.0 Å². The third-order valence-corrected chi connectivity index (χ3v) is 3.84. The summed E-state index contributed by atoms with van der Waals surface area (Å²) < 4.78 is 0. The molecule has 2 rings (SSSR count). The first kappa shape index (κ1) is 19.8. The van der Waals surface area contributed by atoms with E-state index in [2.05, 4.69) is 0 Å². The van der Waals surface area contributed by atoms with Crippen LogP contribution in [-0.4, -0.2) is 22.2 Å². The number of rotatable bonds is 4. The van der Waals surface area contributed by atoms with Crippen molar-refractivity contribution in [3.8, 4) is 0 Å². The Morgan fingerprint density at radius 2 is 1.71 bits per heavy atom. The number of halogens is 2. The molecule has 0 radical (unpaired) electrons. The van der Waals surface area contributed by atoms with E-state index in [1.807, 2.05) is 37.3 Å². The van der Waals surface area contributed by atoms with Crippen LogP contribution in [-0.2, 0) is 4.79 Å². The third-order valence-electron chi connectivity index (χ3n) is 3.20. The molecule has 24 heavy (non-hydrogen) atoms. The van der Waals surface area contributed by atoms with Crippen LogP contribution in [0.25, 0.3) is 0 Å². The van der Waals surface area contributed by atoms with E-state index in [1.54, 1.807) is 0 Å². The van der Waals surface area contributed by atoms with Crippen molar-refractivity contribution in [2.24, 2.45) is 0 Å². The van der Waals surface area contributed by atoms with E-state index in [0.29, 0.717) is 6.42 Å². The number of carboxylic acid groups (broad SMARTS) is 2. The van der Waals surface area contributed by atoms with Crippen molar-refractivity contribution in [3.63, 3.8) is 0 Å². The van der Waals surface area contributed by atoms with E-state index in [9.17, 15) is 9.59 Å². The number of carbonyl (C=O) groups is 2. The van der Waals surface area contributed by atoms with Gasteiger partial charge in [0.25, 0.3) is 0 Å². The summed E-state index contributed by atoms with van der Waals surface area (Å²) in [6.07, 6.45) is 0.638.